The molecule has 6 N–H and O–H groups in total. The Morgan fingerprint density at radius 2 is 0.772 bits per heavy atom. The Hall–Kier alpha value is -5.21. The van der Waals surface area contributed by atoms with Gasteiger partial charge in [0.05, 0.1) is 23.5 Å². The van der Waals surface area contributed by atoms with Crippen molar-refractivity contribution in [1.29, 1.82) is 0 Å². The normalized spacial score (nSPS) is 11.7. The smallest absolute Gasteiger partial charge is 0.337 e. The summed E-state index contributed by atoms with van der Waals surface area (Å²) in [7, 11) is 2.76. The lowest BCUT2D eigenvalue weighted by Crippen LogP contribution is -2.12. The van der Waals surface area contributed by atoms with Crippen LogP contribution < -0.4 is 11.5 Å². The Kier molecular flexibility index (Phi) is 28.1. The van der Waals surface area contributed by atoms with E-state index in [9.17, 15) is 9.59 Å². The summed E-state index contributed by atoms with van der Waals surface area (Å²) in [6.07, 6.45) is 1.95. The second-order valence-electron chi connectivity index (χ2n) is 11.1. The average Bonchev–Trinajstić information content (AvgIpc) is 3.24. The minimum atomic E-state index is -0.969. The number of halogens is 1. The summed E-state index contributed by atoms with van der Waals surface area (Å²) in [4.78, 5) is 29.7. The quantitative estimate of drug-likeness (QED) is 0.0757. The van der Waals surface area contributed by atoms with Gasteiger partial charge < -0.3 is 31.2 Å². The van der Waals surface area contributed by atoms with E-state index >= 15 is 0 Å². The molecule has 0 aliphatic heterocycles. The van der Waals surface area contributed by atoms with Crippen LogP contribution in [-0.4, -0.2) is 46.3 Å². The second-order valence-corrected chi connectivity index (χ2v) is 12.4. The molecule has 3 unspecified atom stereocenters. The number of carboxylic acids is 2. The molecule has 0 radical (unpaired) electrons. The molecule has 302 valence electrons. The number of rotatable bonds is 10. The summed E-state index contributed by atoms with van der Waals surface area (Å²) in [5.74, 6) is -1.94. The topological polar surface area (TPSA) is 188 Å². The molecule has 0 bridgehead atoms. The van der Waals surface area contributed by atoms with E-state index in [0.29, 0.717) is 11.1 Å². The fraction of sp³-hybridized carbons (Fsp3) is 0.182. The Morgan fingerprint density at radius 1 is 0.526 bits per heavy atom. The minimum absolute atomic E-state index is 0. The van der Waals surface area contributed by atoms with Crippen molar-refractivity contribution >= 4 is 40.1 Å². The van der Waals surface area contributed by atoms with Crippen molar-refractivity contribution in [3.63, 3.8) is 0 Å². The summed E-state index contributed by atoms with van der Waals surface area (Å²) in [5, 5.41) is 17.4. The van der Waals surface area contributed by atoms with Crippen molar-refractivity contribution < 1.29 is 33.8 Å². The molecule has 2 aromatic heterocycles. The third kappa shape index (κ3) is 19.5. The van der Waals surface area contributed by atoms with Gasteiger partial charge in [-0.15, -0.1) is 0 Å². The first kappa shape index (κ1) is 51.8. The lowest BCUT2D eigenvalue weighted by atomic mass is 10.0. The highest BCUT2D eigenvalue weighted by Gasteiger charge is 2.18. The maximum absolute atomic E-state index is 10.6. The largest absolute Gasteiger partial charge is 0.479 e. The number of nitrogens with two attached hydrogens (primary N) is 2. The van der Waals surface area contributed by atoms with Crippen LogP contribution >= 0.6 is 28.1 Å². The minimum Gasteiger partial charge on any atom is -0.479 e. The van der Waals surface area contributed by atoms with Gasteiger partial charge in [0, 0.05) is 48.7 Å². The monoisotopic (exact) mass is 906 g/mol. The molecule has 11 nitrogen and oxygen atoms in total. The molecule has 0 amide bonds. The van der Waals surface area contributed by atoms with E-state index < -0.39 is 24.1 Å². The summed E-state index contributed by atoms with van der Waals surface area (Å²) in [5.41, 5.74) is 17.4. The molecule has 4 atom stereocenters. The Labute approximate surface area is 350 Å². The van der Waals surface area contributed by atoms with Crippen LogP contribution in [0.4, 0.5) is 0 Å². The molecule has 13 heteroatoms. The highest BCUT2D eigenvalue weighted by atomic mass is 127. The van der Waals surface area contributed by atoms with Gasteiger partial charge in [-0.25, -0.2) is 9.59 Å². The molecule has 57 heavy (non-hydrogen) atoms. The van der Waals surface area contributed by atoms with E-state index in [1.54, 1.807) is 83.0 Å². The standard InChI is InChI=1S/2C12H12N2.2C9H10O3.2CH4.IOP/c2*13-12(10-6-2-1-3-7-10)11-8-4-5-9-14-11;2*1-12-8(9(10)11)7-5-3-2-4-6-7;;;1-3-2/h2*1-9,12H,13H2;2*2-6,8H,1H3,(H,10,11);2*1H4;/t12-;;;;;;/m0....../s1. The van der Waals surface area contributed by atoms with Crippen molar-refractivity contribution in [2.75, 3.05) is 14.2 Å². The number of hydrogen-bond acceptors (Lipinski definition) is 9. The van der Waals surface area contributed by atoms with Crippen LogP contribution in [0.15, 0.2) is 170 Å². The highest BCUT2D eigenvalue weighted by Crippen LogP contribution is 2.18. The van der Waals surface area contributed by atoms with Crippen LogP contribution in [0.3, 0.4) is 0 Å². The molecule has 6 rings (SSSR count). The number of pyridine rings is 2. The Morgan fingerprint density at radius 3 is 0.982 bits per heavy atom. The van der Waals surface area contributed by atoms with Crippen molar-refractivity contribution in [2.24, 2.45) is 11.5 Å². The Balaban J connectivity index is 0.000000710. The van der Waals surface area contributed by atoms with Crippen LogP contribution in [0, 0.1) is 0 Å². The van der Waals surface area contributed by atoms with Crippen LogP contribution in [-0.2, 0) is 23.6 Å². The van der Waals surface area contributed by atoms with Crippen LogP contribution in [0.1, 0.15) is 72.8 Å². The zero-order valence-electron chi connectivity index (χ0n) is 30.3. The Bertz CT molecular complexity index is 1690. The molecular weight excluding hydrogens is 854 g/mol. The first-order valence-corrected chi connectivity index (χ1v) is 20.3. The van der Waals surface area contributed by atoms with Gasteiger partial charge in [0.15, 0.2) is 12.2 Å². The van der Waals surface area contributed by atoms with Gasteiger partial charge in [-0.1, -0.05) is 148 Å². The van der Waals surface area contributed by atoms with Gasteiger partial charge in [0.2, 0.25) is 6.10 Å². The lowest BCUT2D eigenvalue weighted by molar-refractivity contribution is -0.149. The number of nitrogens with zero attached hydrogens (tertiary/aromatic N) is 2. The van der Waals surface area contributed by atoms with Crippen LogP contribution in [0.5, 0.6) is 0 Å². The number of ether oxygens (including phenoxy) is 2. The van der Waals surface area contributed by atoms with E-state index in [-0.39, 0.29) is 33.0 Å². The maximum Gasteiger partial charge on any atom is 0.337 e. The number of carbonyl (C=O) groups is 2. The summed E-state index contributed by atoms with van der Waals surface area (Å²) < 4.78 is 18.5. The third-order valence-corrected chi connectivity index (χ3v) is 7.45. The van der Waals surface area contributed by atoms with Gasteiger partial charge in [0.25, 0.3) is 0 Å². The van der Waals surface area contributed by atoms with Gasteiger partial charge in [0.1, 0.15) is 0 Å². The number of aliphatic carboxylic acids is 2. The molecule has 0 fully saturated rings. The fourth-order valence-corrected chi connectivity index (χ4v) is 4.80. The maximum atomic E-state index is 10.6. The number of carboxylic acid groups (broad SMARTS) is 2. The summed E-state index contributed by atoms with van der Waals surface area (Å²) in [6, 6.07) is 48.9. The van der Waals surface area contributed by atoms with Crippen LogP contribution in [0.25, 0.3) is 0 Å². The molecule has 0 spiro atoms. The molecule has 4 aromatic carbocycles. The molecule has 6 aromatic rings. The van der Waals surface area contributed by atoms with E-state index in [2.05, 4.69) is 9.97 Å². The predicted octanol–water partition coefficient (Wildman–Crippen LogP) is 10.1. The number of aromatic nitrogens is 2. The van der Waals surface area contributed by atoms with Crippen molar-refractivity contribution in [1.82, 2.24) is 9.97 Å². The van der Waals surface area contributed by atoms with Gasteiger partial charge in [-0.3, -0.25) is 14.5 Å². The number of methoxy groups -OCH3 is 2. The summed E-state index contributed by atoms with van der Waals surface area (Å²) in [6.45, 7) is 0. The molecule has 2 heterocycles. The van der Waals surface area contributed by atoms with Gasteiger partial charge >= 0.3 is 11.9 Å². The van der Waals surface area contributed by atoms with Gasteiger partial charge in [-0.05, 0) is 46.5 Å². The van der Waals surface area contributed by atoms with Crippen LogP contribution in [0.2, 0.25) is 0 Å². The molecular formula is C44H52IN4O7P. The van der Waals surface area contributed by atoms with Crippen molar-refractivity contribution in [3.8, 4) is 0 Å². The first-order valence-electron chi connectivity index (χ1n) is 16.7. The van der Waals surface area contributed by atoms with E-state index in [4.69, 9.17) is 35.7 Å². The van der Waals surface area contributed by atoms with Crippen molar-refractivity contribution in [3.05, 3.63) is 204 Å². The molecule has 0 aliphatic rings. The zero-order valence-corrected chi connectivity index (χ0v) is 33.3. The zero-order chi connectivity index (χ0) is 40.3. The molecule has 0 aliphatic carbocycles. The SMILES string of the molecule is C.C.COC(C(=O)O)c1ccccc1.COC(C(=O)O)c1ccccc1.NC(c1ccccc1)c1ccccn1.N[C@@H](c1ccccc1)c1ccccn1.O=PI. The highest BCUT2D eigenvalue weighted by molar-refractivity contribution is 14.2. The molecule has 0 saturated carbocycles. The van der Waals surface area contributed by atoms with E-state index in [1.165, 1.54) is 14.2 Å². The molecule has 0 saturated heterocycles. The van der Waals surface area contributed by atoms with Crippen molar-refractivity contribution in [2.45, 2.75) is 39.1 Å². The average molecular weight is 907 g/mol. The number of hydrogen-bond donors (Lipinski definition) is 4. The van der Waals surface area contributed by atoms with Gasteiger partial charge in [-0.2, -0.15) is 0 Å². The third-order valence-electron chi connectivity index (χ3n) is 7.45. The van der Waals surface area contributed by atoms with E-state index in [0.717, 1.165) is 22.5 Å². The lowest BCUT2D eigenvalue weighted by Gasteiger charge is -2.10. The number of benzene rings is 4. The summed E-state index contributed by atoms with van der Waals surface area (Å²) >= 11 is 1.70. The fourth-order valence-electron chi connectivity index (χ4n) is 4.80. The van der Waals surface area contributed by atoms with E-state index in [1.807, 2.05) is 109 Å². The predicted molar refractivity (Wildman–Crippen MR) is 236 cm³/mol. The first-order chi connectivity index (χ1) is 26.7. The second kappa shape index (κ2) is 30.9.